The summed E-state index contributed by atoms with van der Waals surface area (Å²) in [5.41, 5.74) is 0. The first-order chi connectivity index (χ1) is 8.56. The molecule has 2 amide bonds. The van der Waals surface area contributed by atoms with Crippen molar-refractivity contribution in [2.75, 3.05) is 13.6 Å². The molecule has 18 heavy (non-hydrogen) atoms. The standard InChI is InChI=1S/C13H20N2O3/c1-3-9-15(2)13(18)14-11(12(16)17)10-7-5-4-6-8-10/h1,10-11H,4-9H2,2H3,(H,14,18)(H,16,17). The van der Waals surface area contributed by atoms with Crippen LogP contribution in [0.25, 0.3) is 0 Å². The molecule has 0 radical (unpaired) electrons. The number of carboxylic acids is 1. The predicted octanol–water partition coefficient (Wildman–Crippen LogP) is 1.29. The zero-order valence-corrected chi connectivity index (χ0v) is 10.7. The number of rotatable bonds is 4. The number of nitrogens with one attached hydrogen (secondary N) is 1. The van der Waals surface area contributed by atoms with Crippen molar-refractivity contribution in [2.24, 2.45) is 5.92 Å². The number of hydrogen-bond acceptors (Lipinski definition) is 2. The molecular weight excluding hydrogens is 232 g/mol. The lowest BCUT2D eigenvalue weighted by atomic mass is 9.84. The minimum atomic E-state index is -0.968. The highest BCUT2D eigenvalue weighted by Crippen LogP contribution is 2.26. The Hall–Kier alpha value is -1.70. The van der Waals surface area contributed by atoms with Gasteiger partial charge in [0, 0.05) is 7.05 Å². The van der Waals surface area contributed by atoms with Crippen molar-refractivity contribution in [3.05, 3.63) is 0 Å². The molecule has 1 aliphatic rings. The lowest BCUT2D eigenvalue weighted by Crippen LogP contribution is -2.50. The van der Waals surface area contributed by atoms with E-state index in [-0.39, 0.29) is 12.5 Å². The molecule has 0 aromatic heterocycles. The Kier molecular flexibility index (Phi) is 5.50. The van der Waals surface area contributed by atoms with Gasteiger partial charge in [-0.2, -0.15) is 0 Å². The molecule has 5 nitrogen and oxygen atoms in total. The number of carboxylic acid groups (broad SMARTS) is 1. The second-order valence-corrected chi connectivity index (χ2v) is 4.72. The van der Waals surface area contributed by atoms with Crippen LogP contribution in [-0.2, 0) is 4.79 Å². The summed E-state index contributed by atoms with van der Waals surface area (Å²) in [4.78, 5) is 24.3. The Labute approximate surface area is 108 Å². The molecule has 0 heterocycles. The van der Waals surface area contributed by atoms with Crippen molar-refractivity contribution >= 4 is 12.0 Å². The molecule has 1 fully saturated rings. The molecule has 1 aliphatic carbocycles. The summed E-state index contributed by atoms with van der Waals surface area (Å²) < 4.78 is 0. The fourth-order valence-electron chi connectivity index (χ4n) is 2.30. The molecule has 1 saturated carbocycles. The number of amides is 2. The van der Waals surface area contributed by atoms with E-state index in [0.717, 1.165) is 32.1 Å². The van der Waals surface area contributed by atoms with Crippen LogP contribution in [0, 0.1) is 18.3 Å². The van der Waals surface area contributed by atoms with Crippen LogP contribution in [0.3, 0.4) is 0 Å². The molecular formula is C13H20N2O3. The second kappa shape index (κ2) is 6.90. The number of nitrogens with zero attached hydrogens (tertiary/aromatic N) is 1. The predicted molar refractivity (Wildman–Crippen MR) is 68.0 cm³/mol. The fraction of sp³-hybridized carbons (Fsp3) is 0.692. The Morgan fingerprint density at radius 2 is 2.06 bits per heavy atom. The maximum absolute atomic E-state index is 11.7. The average molecular weight is 252 g/mol. The van der Waals surface area contributed by atoms with Crippen LogP contribution < -0.4 is 5.32 Å². The molecule has 0 spiro atoms. The first-order valence-electron chi connectivity index (χ1n) is 6.24. The minimum Gasteiger partial charge on any atom is -0.480 e. The molecule has 0 saturated heterocycles. The Balaban J connectivity index is 2.60. The Morgan fingerprint density at radius 1 is 1.44 bits per heavy atom. The number of carbonyl (C=O) groups is 2. The molecule has 0 aromatic carbocycles. The van der Waals surface area contributed by atoms with Crippen LogP contribution in [0.2, 0.25) is 0 Å². The molecule has 100 valence electrons. The van der Waals surface area contributed by atoms with Crippen molar-refractivity contribution in [3.63, 3.8) is 0 Å². The molecule has 5 heteroatoms. The third-order valence-corrected chi connectivity index (χ3v) is 3.34. The summed E-state index contributed by atoms with van der Waals surface area (Å²) in [6.07, 6.45) is 10.0. The number of hydrogen-bond donors (Lipinski definition) is 2. The lowest BCUT2D eigenvalue weighted by molar-refractivity contribution is -0.141. The van der Waals surface area contributed by atoms with E-state index in [2.05, 4.69) is 11.2 Å². The van der Waals surface area contributed by atoms with Crippen LogP contribution in [-0.4, -0.2) is 41.6 Å². The van der Waals surface area contributed by atoms with Gasteiger partial charge in [-0.25, -0.2) is 9.59 Å². The number of aliphatic carboxylic acids is 1. The first kappa shape index (κ1) is 14.4. The number of terminal acetylenes is 1. The highest BCUT2D eigenvalue weighted by Gasteiger charge is 2.31. The summed E-state index contributed by atoms with van der Waals surface area (Å²) in [6.45, 7) is 0.169. The molecule has 0 bridgehead atoms. The van der Waals surface area contributed by atoms with Crippen molar-refractivity contribution in [3.8, 4) is 12.3 Å². The van der Waals surface area contributed by atoms with Crippen LogP contribution >= 0.6 is 0 Å². The second-order valence-electron chi connectivity index (χ2n) is 4.72. The van der Waals surface area contributed by atoms with Crippen molar-refractivity contribution in [1.82, 2.24) is 10.2 Å². The maximum atomic E-state index is 11.7. The average Bonchev–Trinajstić information content (AvgIpc) is 2.36. The first-order valence-corrected chi connectivity index (χ1v) is 6.24. The van der Waals surface area contributed by atoms with Gasteiger partial charge in [-0.3, -0.25) is 0 Å². The summed E-state index contributed by atoms with van der Waals surface area (Å²) in [5, 5.41) is 11.8. The third kappa shape index (κ3) is 3.95. The largest absolute Gasteiger partial charge is 0.480 e. The van der Waals surface area contributed by atoms with Gasteiger partial charge in [-0.15, -0.1) is 6.42 Å². The minimum absolute atomic E-state index is 0.0273. The molecule has 1 unspecified atom stereocenters. The van der Waals surface area contributed by atoms with Gasteiger partial charge < -0.3 is 15.3 Å². The maximum Gasteiger partial charge on any atom is 0.326 e. The highest BCUT2D eigenvalue weighted by molar-refractivity contribution is 5.82. The Morgan fingerprint density at radius 3 is 2.56 bits per heavy atom. The van der Waals surface area contributed by atoms with E-state index in [1.165, 1.54) is 4.90 Å². The van der Waals surface area contributed by atoms with Crippen LogP contribution in [0.1, 0.15) is 32.1 Å². The van der Waals surface area contributed by atoms with Gasteiger partial charge >= 0.3 is 12.0 Å². The number of urea groups is 1. The van der Waals surface area contributed by atoms with E-state index in [0.29, 0.717) is 0 Å². The number of carbonyl (C=O) groups excluding carboxylic acids is 1. The van der Waals surface area contributed by atoms with Gasteiger partial charge in [-0.1, -0.05) is 25.2 Å². The van der Waals surface area contributed by atoms with Crippen LogP contribution in [0.5, 0.6) is 0 Å². The van der Waals surface area contributed by atoms with Gasteiger partial charge in [0.1, 0.15) is 6.04 Å². The zero-order chi connectivity index (χ0) is 13.5. The van der Waals surface area contributed by atoms with E-state index in [1.54, 1.807) is 7.05 Å². The lowest BCUT2D eigenvalue weighted by Gasteiger charge is -2.29. The zero-order valence-electron chi connectivity index (χ0n) is 10.7. The summed E-state index contributed by atoms with van der Waals surface area (Å²) in [6, 6.07) is -1.23. The van der Waals surface area contributed by atoms with E-state index in [4.69, 9.17) is 6.42 Å². The highest BCUT2D eigenvalue weighted by atomic mass is 16.4. The smallest absolute Gasteiger partial charge is 0.326 e. The van der Waals surface area contributed by atoms with Crippen molar-refractivity contribution in [1.29, 1.82) is 0 Å². The quantitative estimate of drug-likeness (QED) is 0.741. The molecule has 0 aliphatic heterocycles. The molecule has 1 rings (SSSR count). The van der Waals surface area contributed by atoms with E-state index < -0.39 is 18.0 Å². The molecule has 1 atom stereocenters. The van der Waals surface area contributed by atoms with Gasteiger partial charge in [0.15, 0.2) is 0 Å². The molecule has 2 N–H and O–H groups in total. The topological polar surface area (TPSA) is 69.6 Å². The van der Waals surface area contributed by atoms with Gasteiger partial charge in [-0.05, 0) is 18.8 Å². The van der Waals surface area contributed by atoms with E-state index >= 15 is 0 Å². The summed E-state index contributed by atoms with van der Waals surface area (Å²) in [7, 11) is 1.55. The fourth-order valence-corrected chi connectivity index (χ4v) is 2.30. The molecule has 0 aromatic rings. The third-order valence-electron chi connectivity index (χ3n) is 3.34. The van der Waals surface area contributed by atoms with Crippen molar-refractivity contribution in [2.45, 2.75) is 38.1 Å². The van der Waals surface area contributed by atoms with Gasteiger partial charge in [0.05, 0.1) is 6.54 Å². The SMILES string of the molecule is C#CCN(C)C(=O)NC(C(=O)O)C1CCCCC1. The van der Waals surface area contributed by atoms with Crippen molar-refractivity contribution < 1.29 is 14.7 Å². The van der Waals surface area contributed by atoms with E-state index in [9.17, 15) is 14.7 Å². The van der Waals surface area contributed by atoms with E-state index in [1.807, 2.05) is 0 Å². The van der Waals surface area contributed by atoms with Crippen LogP contribution in [0.15, 0.2) is 0 Å². The summed E-state index contributed by atoms with van der Waals surface area (Å²) in [5.74, 6) is 1.41. The monoisotopic (exact) mass is 252 g/mol. The summed E-state index contributed by atoms with van der Waals surface area (Å²) >= 11 is 0. The van der Waals surface area contributed by atoms with Crippen LogP contribution in [0.4, 0.5) is 4.79 Å². The Bertz CT molecular complexity index is 343. The van der Waals surface area contributed by atoms with Gasteiger partial charge in [0.2, 0.25) is 0 Å². The normalized spacial score (nSPS) is 17.6. The van der Waals surface area contributed by atoms with Gasteiger partial charge in [0.25, 0.3) is 0 Å².